The van der Waals surface area contributed by atoms with Gasteiger partial charge in [0.1, 0.15) is 6.17 Å². The Kier molecular flexibility index (Phi) is 5.95. The summed E-state index contributed by atoms with van der Waals surface area (Å²) in [4.78, 5) is 24.6. The maximum Gasteiger partial charge on any atom is 0.262 e. The van der Waals surface area contributed by atoms with Crippen molar-refractivity contribution >= 4 is 34.8 Å². The second kappa shape index (κ2) is 8.97. The van der Waals surface area contributed by atoms with Crippen molar-refractivity contribution in [3.63, 3.8) is 0 Å². The van der Waals surface area contributed by atoms with Crippen LogP contribution in [-0.4, -0.2) is 25.5 Å². The summed E-state index contributed by atoms with van der Waals surface area (Å²) in [6.45, 7) is -0.216. The van der Waals surface area contributed by atoms with Crippen molar-refractivity contribution in [3.05, 3.63) is 82.9 Å². The van der Waals surface area contributed by atoms with Crippen molar-refractivity contribution in [3.8, 4) is 11.5 Å². The molecule has 0 aliphatic carbocycles. The number of carbonyl (C=O) groups is 2. The van der Waals surface area contributed by atoms with E-state index in [1.807, 2.05) is 18.2 Å². The third-order valence-electron chi connectivity index (χ3n) is 4.77. The second-order valence-corrected chi connectivity index (χ2v) is 7.23. The Morgan fingerprint density at radius 3 is 2.61 bits per heavy atom. The van der Waals surface area contributed by atoms with Crippen LogP contribution in [-0.2, 0) is 4.79 Å². The standard InChI is InChI=1S/C23H20ClN3O4/c1-30-20-12-14(22-26-17-8-4-2-6-15(17)23(29)27-22)10-11-19(20)31-13-21(28)25-18-9-5-3-7-16(18)24/h2-12,22,26H,13H2,1H3,(H,25,28)(H,27,29)/t22-/m1/s1. The van der Waals surface area contributed by atoms with Crippen LogP contribution in [0, 0.1) is 0 Å². The highest BCUT2D eigenvalue weighted by Gasteiger charge is 2.25. The summed E-state index contributed by atoms with van der Waals surface area (Å²) in [5, 5.41) is 9.36. The van der Waals surface area contributed by atoms with Gasteiger partial charge in [0.25, 0.3) is 11.8 Å². The molecular formula is C23H20ClN3O4. The summed E-state index contributed by atoms with van der Waals surface area (Å²) in [5.41, 5.74) is 2.65. The first-order valence-electron chi connectivity index (χ1n) is 9.56. The molecule has 0 aromatic heterocycles. The molecule has 31 heavy (non-hydrogen) atoms. The minimum absolute atomic E-state index is 0.158. The molecule has 0 fully saturated rings. The average molecular weight is 438 g/mol. The first kappa shape index (κ1) is 20.6. The number of anilines is 2. The lowest BCUT2D eigenvalue weighted by molar-refractivity contribution is -0.118. The number of halogens is 1. The van der Waals surface area contributed by atoms with E-state index in [1.165, 1.54) is 7.11 Å². The van der Waals surface area contributed by atoms with E-state index in [-0.39, 0.29) is 18.4 Å². The number of rotatable bonds is 6. The number of hydrogen-bond donors (Lipinski definition) is 3. The Balaban J connectivity index is 1.44. The highest BCUT2D eigenvalue weighted by atomic mass is 35.5. The normalized spacial score (nSPS) is 14.6. The first-order chi connectivity index (χ1) is 15.0. The molecule has 0 radical (unpaired) electrons. The fourth-order valence-corrected chi connectivity index (χ4v) is 3.43. The highest BCUT2D eigenvalue weighted by molar-refractivity contribution is 6.33. The SMILES string of the molecule is COc1cc([C@H]2NC(=O)c3ccccc3N2)ccc1OCC(=O)Nc1ccccc1Cl. The monoisotopic (exact) mass is 437 g/mol. The van der Waals surface area contributed by atoms with E-state index < -0.39 is 6.17 Å². The number of para-hydroxylation sites is 2. The van der Waals surface area contributed by atoms with Gasteiger partial charge >= 0.3 is 0 Å². The van der Waals surface area contributed by atoms with Crippen molar-refractivity contribution in [2.45, 2.75) is 6.17 Å². The largest absolute Gasteiger partial charge is 0.493 e. The van der Waals surface area contributed by atoms with Crippen LogP contribution in [0.2, 0.25) is 5.02 Å². The fourth-order valence-electron chi connectivity index (χ4n) is 3.25. The molecule has 0 bridgehead atoms. The maximum absolute atomic E-state index is 12.4. The Labute approximate surface area is 184 Å². The quantitative estimate of drug-likeness (QED) is 0.537. The molecule has 1 aliphatic heterocycles. The Hall–Kier alpha value is -3.71. The summed E-state index contributed by atoms with van der Waals surface area (Å²) in [7, 11) is 1.51. The molecule has 1 aliphatic rings. The molecule has 1 atom stereocenters. The van der Waals surface area contributed by atoms with Gasteiger partial charge < -0.3 is 25.4 Å². The van der Waals surface area contributed by atoms with E-state index in [2.05, 4.69) is 16.0 Å². The minimum atomic E-state index is -0.422. The summed E-state index contributed by atoms with van der Waals surface area (Å²) in [6, 6.07) is 19.5. The summed E-state index contributed by atoms with van der Waals surface area (Å²) < 4.78 is 11.1. The molecule has 1 heterocycles. The number of carbonyl (C=O) groups excluding carboxylic acids is 2. The van der Waals surface area contributed by atoms with Gasteiger partial charge in [-0.25, -0.2) is 0 Å². The third kappa shape index (κ3) is 4.57. The Bertz CT molecular complexity index is 1140. The maximum atomic E-state index is 12.4. The van der Waals surface area contributed by atoms with Crippen LogP contribution < -0.4 is 25.4 Å². The number of benzene rings is 3. The molecule has 7 nitrogen and oxygen atoms in total. The van der Waals surface area contributed by atoms with Crippen LogP contribution in [0.5, 0.6) is 11.5 Å². The van der Waals surface area contributed by atoms with Crippen LogP contribution in [0.25, 0.3) is 0 Å². The van der Waals surface area contributed by atoms with Gasteiger partial charge in [-0.2, -0.15) is 0 Å². The second-order valence-electron chi connectivity index (χ2n) is 6.82. The summed E-state index contributed by atoms with van der Waals surface area (Å²) in [5.74, 6) is 0.341. The van der Waals surface area contributed by atoms with Crippen molar-refractivity contribution in [1.82, 2.24) is 5.32 Å². The van der Waals surface area contributed by atoms with Gasteiger partial charge in [-0.3, -0.25) is 9.59 Å². The predicted octanol–water partition coefficient (Wildman–Crippen LogP) is 4.22. The summed E-state index contributed by atoms with van der Waals surface area (Å²) in [6.07, 6.45) is -0.422. The number of hydrogen-bond acceptors (Lipinski definition) is 5. The molecule has 3 N–H and O–H groups in total. The van der Waals surface area contributed by atoms with E-state index in [0.717, 1.165) is 11.3 Å². The molecule has 8 heteroatoms. The van der Waals surface area contributed by atoms with E-state index in [9.17, 15) is 9.59 Å². The lowest BCUT2D eigenvalue weighted by Gasteiger charge is -2.28. The molecule has 3 aromatic carbocycles. The Morgan fingerprint density at radius 1 is 1.03 bits per heavy atom. The van der Waals surface area contributed by atoms with Gasteiger partial charge in [0, 0.05) is 5.69 Å². The number of ether oxygens (including phenoxy) is 2. The first-order valence-corrected chi connectivity index (χ1v) is 9.94. The molecule has 3 aromatic rings. The van der Waals surface area contributed by atoms with Crippen molar-refractivity contribution in [2.75, 3.05) is 24.4 Å². The van der Waals surface area contributed by atoms with Crippen LogP contribution in [0.1, 0.15) is 22.1 Å². The molecule has 0 unspecified atom stereocenters. The Morgan fingerprint density at radius 2 is 1.81 bits per heavy atom. The van der Waals surface area contributed by atoms with Gasteiger partial charge in [-0.15, -0.1) is 0 Å². The number of amides is 2. The topological polar surface area (TPSA) is 88.7 Å². The van der Waals surface area contributed by atoms with E-state index in [1.54, 1.807) is 48.5 Å². The van der Waals surface area contributed by atoms with Crippen LogP contribution in [0.15, 0.2) is 66.7 Å². The average Bonchev–Trinajstić information content (AvgIpc) is 2.79. The van der Waals surface area contributed by atoms with Crippen molar-refractivity contribution in [2.24, 2.45) is 0 Å². The highest BCUT2D eigenvalue weighted by Crippen LogP contribution is 2.33. The zero-order valence-electron chi connectivity index (χ0n) is 16.6. The van der Waals surface area contributed by atoms with Gasteiger partial charge in [0.05, 0.1) is 23.4 Å². The lowest BCUT2D eigenvalue weighted by Crippen LogP contribution is -2.38. The molecule has 2 amide bonds. The molecule has 158 valence electrons. The van der Waals surface area contributed by atoms with Gasteiger partial charge in [-0.1, -0.05) is 41.9 Å². The van der Waals surface area contributed by atoms with E-state index in [4.69, 9.17) is 21.1 Å². The molecule has 4 rings (SSSR count). The van der Waals surface area contributed by atoms with Crippen LogP contribution in [0.3, 0.4) is 0 Å². The third-order valence-corrected chi connectivity index (χ3v) is 5.10. The van der Waals surface area contributed by atoms with Gasteiger partial charge in [-0.05, 0) is 42.0 Å². The number of methoxy groups -OCH3 is 1. The fraction of sp³-hybridized carbons (Fsp3) is 0.130. The number of fused-ring (bicyclic) bond motifs is 1. The van der Waals surface area contributed by atoms with E-state index in [0.29, 0.717) is 27.8 Å². The predicted molar refractivity (Wildman–Crippen MR) is 119 cm³/mol. The molecule has 0 saturated heterocycles. The van der Waals surface area contributed by atoms with Crippen LogP contribution in [0.4, 0.5) is 11.4 Å². The van der Waals surface area contributed by atoms with Crippen LogP contribution >= 0.6 is 11.6 Å². The molecular weight excluding hydrogens is 418 g/mol. The lowest BCUT2D eigenvalue weighted by atomic mass is 10.1. The number of nitrogens with one attached hydrogen (secondary N) is 3. The minimum Gasteiger partial charge on any atom is -0.493 e. The zero-order valence-corrected chi connectivity index (χ0v) is 17.4. The van der Waals surface area contributed by atoms with E-state index >= 15 is 0 Å². The molecule has 0 saturated carbocycles. The van der Waals surface area contributed by atoms with Gasteiger partial charge in [0.2, 0.25) is 0 Å². The van der Waals surface area contributed by atoms with Gasteiger partial charge in [0.15, 0.2) is 18.1 Å². The summed E-state index contributed by atoms with van der Waals surface area (Å²) >= 11 is 6.05. The smallest absolute Gasteiger partial charge is 0.262 e. The van der Waals surface area contributed by atoms with Crippen molar-refractivity contribution in [1.29, 1.82) is 0 Å². The zero-order chi connectivity index (χ0) is 21.8. The van der Waals surface area contributed by atoms with Crippen molar-refractivity contribution < 1.29 is 19.1 Å². The molecule has 0 spiro atoms.